The van der Waals surface area contributed by atoms with E-state index >= 15 is 0 Å². The Labute approximate surface area is 350 Å². The van der Waals surface area contributed by atoms with E-state index in [0.29, 0.717) is 0 Å². The van der Waals surface area contributed by atoms with Gasteiger partial charge in [0.2, 0.25) is 0 Å². The second kappa shape index (κ2) is 11.8. The molecule has 0 radical (unpaired) electrons. The molecule has 11 rings (SSSR count). The Morgan fingerprint density at radius 2 is 0.906 bits per heavy atom. The van der Waals surface area contributed by atoms with E-state index in [1.807, 2.05) is 0 Å². The molecule has 0 unspecified atom stereocenters. The number of benzene rings is 10. The maximum absolute atomic E-state index is 9.99. The Bertz CT molecular complexity index is 4910. The van der Waals surface area contributed by atoms with Crippen LogP contribution in [0.5, 0.6) is 0 Å². The van der Waals surface area contributed by atoms with E-state index in [9.17, 15) is 19.2 Å². The van der Waals surface area contributed by atoms with E-state index in [1.165, 1.54) is 0 Å². The smallest absolute Gasteiger partial charge is 0.136 e. The van der Waals surface area contributed by atoms with Gasteiger partial charge in [0.15, 0.2) is 0 Å². The first-order valence-electron chi connectivity index (χ1n) is 31.2. The maximum Gasteiger partial charge on any atom is 0.136 e. The van der Waals surface area contributed by atoms with Gasteiger partial charge < -0.3 is 4.42 Å². The fourth-order valence-electron chi connectivity index (χ4n) is 6.46. The van der Waals surface area contributed by atoms with Gasteiger partial charge in [-0.15, -0.1) is 0 Å². The molecule has 0 saturated heterocycles. The molecular weight excluding hydrogens is 641 g/mol. The molecule has 0 bridgehead atoms. The lowest BCUT2D eigenvalue weighted by molar-refractivity contribution is 0.669. The molecule has 0 spiro atoms. The van der Waals surface area contributed by atoms with Crippen molar-refractivity contribution < 1.29 is 46.9 Å². The van der Waals surface area contributed by atoms with Gasteiger partial charge in [0.25, 0.3) is 0 Å². The normalized spacial score (nSPS) is 20.0. The van der Waals surface area contributed by atoms with Gasteiger partial charge in [-0.3, -0.25) is 0 Å². The minimum atomic E-state index is -1.08. The summed E-state index contributed by atoms with van der Waals surface area (Å²) in [5.74, 6) is 0. The monoisotopic (exact) mass is 703 g/mol. The first-order valence-corrected chi connectivity index (χ1v) is 15.7. The highest BCUT2D eigenvalue weighted by atomic mass is 16.3. The Morgan fingerprint density at radius 3 is 1.66 bits per heavy atom. The van der Waals surface area contributed by atoms with Crippen LogP contribution in [0.15, 0.2) is 198 Å². The summed E-state index contributed by atoms with van der Waals surface area (Å²) in [6.45, 7) is 0. The maximum atomic E-state index is 9.99. The average molecular weight is 704 g/mol. The first-order chi connectivity index (χ1) is 39.2. The van der Waals surface area contributed by atoms with Crippen LogP contribution < -0.4 is 0 Å². The molecule has 11 aromatic rings. The summed E-state index contributed by atoms with van der Waals surface area (Å²) in [6.07, 6.45) is 0. The van der Waals surface area contributed by atoms with Gasteiger partial charge in [-0.1, -0.05) is 163 Å². The highest BCUT2D eigenvalue weighted by Crippen LogP contribution is 2.49. The van der Waals surface area contributed by atoms with E-state index < -0.39 is 297 Å². The number of hydrogen-bond donors (Lipinski definition) is 0. The molecule has 246 valence electrons. The fourth-order valence-corrected chi connectivity index (χ4v) is 6.46. The van der Waals surface area contributed by atoms with Gasteiger partial charge in [0.1, 0.15) is 11.2 Å². The van der Waals surface area contributed by atoms with Crippen molar-refractivity contribution in [1.29, 1.82) is 0 Å². The standard InChI is InChI=1S/C52H32O/c1-2-12-33(13-3-1)37-25-28-42-47-31-38(26-29-48(47)53-49(42)32-37)41-27-24-35-15-6-7-17-40(35)51(41)52-45-20-10-8-18-43(45)50(44-19-9-11-21-46(44)52)39-23-22-34-14-4-5-16-36(34)30-39/h1-32H/i1D,2D,3D,4D,5D,6D,7D,8D,9D,10D,11D,12D,13D,14D,15D,16D,17D,18D,19D,20D,21D,22D,23D,24D,25D,27D,28D,29D,30D,31D,32D. The van der Waals surface area contributed by atoms with Crippen LogP contribution in [-0.2, 0) is 0 Å². The summed E-state index contributed by atoms with van der Waals surface area (Å²) >= 11 is 0. The van der Waals surface area contributed by atoms with Crippen molar-refractivity contribution >= 4 is 65.0 Å². The third-order valence-corrected chi connectivity index (χ3v) is 8.71. The van der Waals surface area contributed by atoms with Crippen LogP contribution in [0.4, 0.5) is 0 Å². The van der Waals surface area contributed by atoms with Crippen LogP contribution in [-0.4, -0.2) is 0 Å². The van der Waals surface area contributed by atoms with Crippen molar-refractivity contribution in [3.05, 3.63) is 193 Å². The molecule has 1 nitrogen and oxygen atoms in total. The van der Waals surface area contributed by atoms with Gasteiger partial charge in [-0.25, -0.2) is 0 Å². The number of furan rings is 1. The van der Waals surface area contributed by atoms with Crippen LogP contribution in [0.2, 0.25) is 0 Å². The minimum absolute atomic E-state index is 0.548. The Morgan fingerprint density at radius 1 is 0.302 bits per heavy atom. The van der Waals surface area contributed by atoms with E-state index in [-0.39, 0.29) is 0 Å². The molecule has 1 aromatic heterocycles. The van der Waals surface area contributed by atoms with Crippen LogP contribution in [0.25, 0.3) is 110 Å². The average Bonchev–Trinajstić information content (AvgIpc) is 1.02. The Kier molecular flexibility index (Phi) is 2.74. The van der Waals surface area contributed by atoms with E-state index in [0.717, 1.165) is 6.07 Å². The summed E-state index contributed by atoms with van der Waals surface area (Å²) < 4.78 is 288. The molecule has 0 saturated carbocycles. The number of fused-ring (bicyclic) bond motifs is 7. The van der Waals surface area contributed by atoms with E-state index in [1.54, 1.807) is 0 Å². The molecule has 0 atom stereocenters. The van der Waals surface area contributed by atoms with Crippen LogP contribution in [0.1, 0.15) is 42.5 Å². The zero-order valence-corrected chi connectivity index (χ0v) is 26.5. The molecule has 0 aliphatic carbocycles. The lowest BCUT2D eigenvalue weighted by atomic mass is 9.81. The SMILES string of the molecule is [2H]c1c([2H])c([2H])c(-c2c([2H])c([2H])c3c(oc4c([2H])cc(-c5c([2H])c([2H])c6c([2H])c([2H])c([2H])c([2H])c6c5-c5c6c([2H])c([2H])c([2H])c([2H])c6c(-c6c([2H])c([2H])c7c([2H])c([2H])c([2H])c([2H])c7c6[2H])c6c([2H])c([2H])c([2H])c([2H])c56)c([2H])c43)c2[2H])c([2H])c1[2H]. The van der Waals surface area contributed by atoms with Crippen LogP contribution in [0, 0.1) is 0 Å². The summed E-state index contributed by atoms with van der Waals surface area (Å²) in [5.41, 5.74) is -7.22. The summed E-state index contributed by atoms with van der Waals surface area (Å²) in [7, 11) is 0. The van der Waals surface area contributed by atoms with E-state index in [2.05, 4.69) is 0 Å². The fraction of sp³-hybridized carbons (Fsp3) is 0. The molecule has 0 fully saturated rings. The second-order valence-electron chi connectivity index (χ2n) is 11.6. The van der Waals surface area contributed by atoms with Crippen molar-refractivity contribution in [1.82, 2.24) is 0 Å². The van der Waals surface area contributed by atoms with Crippen LogP contribution in [0.3, 0.4) is 0 Å². The minimum Gasteiger partial charge on any atom is -0.456 e. The highest BCUT2D eigenvalue weighted by Gasteiger charge is 2.21. The first kappa shape index (κ1) is 12.3. The molecule has 10 aromatic carbocycles. The van der Waals surface area contributed by atoms with Gasteiger partial charge in [-0.05, 0) is 118 Å². The zero-order chi connectivity index (χ0) is 61.9. The van der Waals surface area contributed by atoms with Gasteiger partial charge >= 0.3 is 0 Å². The highest BCUT2D eigenvalue weighted by molar-refractivity contribution is 6.25. The summed E-state index contributed by atoms with van der Waals surface area (Å²) in [5, 5.41) is -7.17. The lowest BCUT2D eigenvalue weighted by Gasteiger charge is -2.21. The molecule has 1 heterocycles. The summed E-state index contributed by atoms with van der Waals surface area (Å²) in [4.78, 5) is 0. The molecule has 0 aliphatic heterocycles. The lowest BCUT2D eigenvalue weighted by Crippen LogP contribution is -1.94. The predicted molar refractivity (Wildman–Crippen MR) is 225 cm³/mol. The Hall–Kier alpha value is -6.96. The number of hydrogen-bond acceptors (Lipinski definition) is 1. The van der Waals surface area contributed by atoms with Gasteiger partial charge in [0, 0.05) is 10.8 Å². The van der Waals surface area contributed by atoms with Crippen molar-refractivity contribution in [3.8, 4) is 44.5 Å². The van der Waals surface area contributed by atoms with Crippen molar-refractivity contribution in [2.24, 2.45) is 0 Å². The van der Waals surface area contributed by atoms with Gasteiger partial charge in [0.05, 0.1) is 42.5 Å². The largest absolute Gasteiger partial charge is 0.456 e. The second-order valence-corrected chi connectivity index (χ2v) is 11.6. The van der Waals surface area contributed by atoms with Crippen molar-refractivity contribution in [2.45, 2.75) is 0 Å². The van der Waals surface area contributed by atoms with Crippen molar-refractivity contribution in [2.75, 3.05) is 0 Å². The quantitative estimate of drug-likeness (QED) is 0.166. The molecule has 0 N–H and O–H groups in total. The predicted octanol–water partition coefficient (Wildman–Crippen LogP) is 14.9. The van der Waals surface area contributed by atoms with E-state index in [4.69, 9.17) is 27.7 Å². The Balaban J connectivity index is 1.44. The molecule has 53 heavy (non-hydrogen) atoms. The molecular formula is C52H32O. The van der Waals surface area contributed by atoms with Gasteiger partial charge in [-0.2, -0.15) is 0 Å². The van der Waals surface area contributed by atoms with Crippen LogP contribution >= 0.6 is 0 Å². The molecule has 0 amide bonds. The molecule has 1 heteroatoms. The third kappa shape index (κ3) is 4.71. The topological polar surface area (TPSA) is 13.1 Å². The third-order valence-electron chi connectivity index (χ3n) is 8.71. The van der Waals surface area contributed by atoms with Crippen molar-refractivity contribution in [3.63, 3.8) is 0 Å². The summed E-state index contributed by atoms with van der Waals surface area (Å²) in [6, 6.07) is -28.5. The molecule has 0 aliphatic rings. The number of rotatable bonds is 4. The zero-order valence-electron chi connectivity index (χ0n) is 57.5.